The van der Waals surface area contributed by atoms with E-state index in [4.69, 9.17) is 22.3 Å². The van der Waals surface area contributed by atoms with Crippen molar-refractivity contribution < 1.29 is 0 Å². The molecule has 0 aliphatic carbocycles. The van der Waals surface area contributed by atoms with E-state index in [2.05, 4.69) is 42.3 Å². The molecule has 0 amide bonds. The van der Waals surface area contributed by atoms with E-state index in [-0.39, 0.29) is 5.50 Å². The highest BCUT2D eigenvalue weighted by Gasteiger charge is 2.26. The summed E-state index contributed by atoms with van der Waals surface area (Å²) in [6.45, 7) is 3.15. The van der Waals surface area contributed by atoms with Crippen molar-refractivity contribution in [2.75, 3.05) is 31.3 Å². The van der Waals surface area contributed by atoms with Gasteiger partial charge in [-0.3, -0.25) is 0 Å². The first-order chi connectivity index (χ1) is 13.5. The van der Waals surface area contributed by atoms with E-state index in [0.29, 0.717) is 0 Å². The number of hydrogen-bond donors (Lipinski definition) is 1. The fourth-order valence-electron chi connectivity index (χ4n) is 2.75. The van der Waals surface area contributed by atoms with Crippen LogP contribution in [0.15, 0.2) is 62.3 Å². The molecule has 1 aliphatic rings. The number of halogens is 1. The zero-order valence-electron chi connectivity index (χ0n) is 16.3. The van der Waals surface area contributed by atoms with E-state index in [1.165, 1.54) is 4.90 Å². The number of thioether (sulfide) groups is 2. The van der Waals surface area contributed by atoms with Crippen LogP contribution in [0.25, 0.3) is 0 Å². The number of anilines is 1. The van der Waals surface area contributed by atoms with Crippen LogP contribution in [0.4, 0.5) is 5.82 Å². The minimum Gasteiger partial charge on any atom is -0.309 e. The maximum Gasteiger partial charge on any atom is 0.148 e. The molecule has 2 N–H and O–H groups in total. The van der Waals surface area contributed by atoms with Gasteiger partial charge in [0.05, 0.1) is 9.92 Å². The molecule has 0 saturated carbocycles. The molecule has 28 heavy (non-hydrogen) atoms. The molecule has 2 heterocycles. The van der Waals surface area contributed by atoms with Crippen molar-refractivity contribution >= 4 is 52.7 Å². The van der Waals surface area contributed by atoms with E-state index in [0.717, 1.165) is 45.0 Å². The van der Waals surface area contributed by atoms with Gasteiger partial charge < -0.3 is 15.5 Å². The Morgan fingerprint density at radius 2 is 2.07 bits per heavy atom. The minimum absolute atomic E-state index is 0.156. The lowest BCUT2D eigenvalue weighted by Gasteiger charge is -2.26. The van der Waals surface area contributed by atoms with Crippen LogP contribution in [0.5, 0.6) is 0 Å². The van der Waals surface area contributed by atoms with Gasteiger partial charge in [-0.1, -0.05) is 47.3 Å². The van der Waals surface area contributed by atoms with Crippen molar-refractivity contribution in [3.05, 3.63) is 52.7 Å². The molecule has 4 nitrogen and oxygen atoms in total. The molecule has 8 heteroatoms. The van der Waals surface area contributed by atoms with E-state index in [1.807, 2.05) is 42.2 Å². The number of allylic oxidation sites excluding steroid dienone is 1. The van der Waals surface area contributed by atoms with Crippen LogP contribution in [-0.2, 0) is 0 Å². The highest BCUT2D eigenvalue weighted by atomic mass is 35.5. The fraction of sp³-hybridized carbons (Fsp3) is 0.350. The van der Waals surface area contributed by atoms with Crippen molar-refractivity contribution in [3.63, 3.8) is 0 Å². The molecular formula is C20H25ClN4S3. The minimum atomic E-state index is -0.156. The maximum absolute atomic E-state index is 6.41. The van der Waals surface area contributed by atoms with Gasteiger partial charge in [0.1, 0.15) is 11.3 Å². The molecule has 1 unspecified atom stereocenters. The number of benzene rings is 1. The first-order valence-electron chi connectivity index (χ1n) is 9.02. The molecule has 1 aliphatic heterocycles. The lowest BCUT2D eigenvalue weighted by Crippen LogP contribution is -2.35. The summed E-state index contributed by atoms with van der Waals surface area (Å²) in [7, 11) is 4.21. The first kappa shape index (κ1) is 21.9. The monoisotopic (exact) mass is 452 g/mol. The molecular weight excluding hydrogens is 428 g/mol. The van der Waals surface area contributed by atoms with Crippen LogP contribution in [0.1, 0.15) is 13.3 Å². The van der Waals surface area contributed by atoms with Gasteiger partial charge in [-0.15, -0.1) is 11.8 Å². The molecule has 1 atom stereocenters. The number of rotatable bonds is 8. The quantitative estimate of drug-likeness (QED) is 0.413. The number of nitrogens with two attached hydrogens (primary N) is 1. The van der Waals surface area contributed by atoms with Gasteiger partial charge in [0, 0.05) is 21.7 Å². The summed E-state index contributed by atoms with van der Waals surface area (Å²) in [5.74, 6) is 1.95. The number of hydrogen-bond acceptors (Lipinski definition) is 7. The highest BCUT2D eigenvalue weighted by Crippen LogP contribution is 2.42. The molecule has 0 radical (unpaired) electrons. The highest BCUT2D eigenvalue weighted by molar-refractivity contribution is 8.03. The molecule has 3 rings (SSSR count). The van der Waals surface area contributed by atoms with Crippen molar-refractivity contribution in [1.29, 1.82) is 0 Å². The van der Waals surface area contributed by atoms with Crippen molar-refractivity contribution in [2.24, 2.45) is 5.73 Å². The summed E-state index contributed by atoms with van der Waals surface area (Å²) in [6.07, 6.45) is 3.09. The summed E-state index contributed by atoms with van der Waals surface area (Å²) in [5.41, 5.74) is 7.26. The summed E-state index contributed by atoms with van der Waals surface area (Å²) >= 11 is 11.5. The van der Waals surface area contributed by atoms with Crippen molar-refractivity contribution in [2.45, 2.75) is 33.5 Å². The van der Waals surface area contributed by atoms with Gasteiger partial charge >= 0.3 is 0 Å². The molecule has 0 bridgehead atoms. The van der Waals surface area contributed by atoms with Gasteiger partial charge in [-0.25, -0.2) is 4.98 Å². The molecule has 1 aromatic heterocycles. The Bertz CT molecular complexity index is 844. The molecule has 0 saturated heterocycles. The van der Waals surface area contributed by atoms with Gasteiger partial charge in [0.2, 0.25) is 0 Å². The maximum atomic E-state index is 6.41. The lowest BCUT2D eigenvalue weighted by atomic mass is 10.4. The Labute approximate surface area is 185 Å². The van der Waals surface area contributed by atoms with Crippen LogP contribution in [0.3, 0.4) is 0 Å². The van der Waals surface area contributed by atoms with Gasteiger partial charge in [-0.05, 0) is 63.3 Å². The normalized spacial score (nSPS) is 16.7. The van der Waals surface area contributed by atoms with E-state index < -0.39 is 0 Å². The molecule has 150 valence electrons. The van der Waals surface area contributed by atoms with Crippen LogP contribution in [-0.4, -0.2) is 41.8 Å². The average molecular weight is 453 g/mol. The van der Waals surface area contributed by atoms with E-state index in [1.54, 1.807) is 23.5 Å². The molecule has 1 aromatic carbocycles. The van der Waals surface area contributed by atoms with Gasteiger partial charge in [0.25, 0.3) is 0 Å². The van der Waals surface area contributed by atoms with Crippen molar-refractivity contribution in [3.8, 4) is 0 Å². The standard InChI is InChI=1S/C20H25ClN4S3/c1-14-13-27-20(22)25(14)19-18(28-17-8-5-4-7-16(17)21)11-15(12-23-19)26-10-6-9-24(2)3/h4-5,7-8,11-13,20H,6,9-10,22H2,1-3H3. The van der Waals surface area contributed by atoms with Gasteiger partial charge in [0.15, 0.2) is 0 Å². The lowest BCUT2D eigenvalue weighted by molar-refractivity contribution is 0.410. The molecule has 0 fully saturated rings. The third-order valence-electron chi connectivity index (χ3n) is 4.12. The number of aromatic nitrogens is 1. The second-order valence-electron chi connectivity index (χ2n) is 6.69. The summed E-state index contributed by atoms with van der Waals surface area (Å²) in [6, 6.07) is 10.1. The summed E-state index contributed by atoms with van der Waals surface area (Å²) in [5, 5.41) is 2.83. The Morgan fingerprint density at radius 3 is 2.75 bits per heavy atom. The van der Waals surface area contributed by atoms with Crippen LogP contribution >= 0.6 is 46.9 Å². The summed E-state index contributed by atoms with van der Waals surface area (Å²) < 4.78 is 0. The second-order valence-corrected chi connectivity index (χ2v) is 10.3. The van der Waals surface area contributed by atoms with E-state index >= 15 is 0 Å². The Balaban J connectivity index is 1.86. The van der Waals surface area contributed by atoms with E-state index in [9.17, 15) is 0 Å². The first-order valence-corrected chi connectivity index (χ1v) is 12.1. The predicted molar refractivity (Wildman–Crippen MR) is 126 cm³/mol. The third kappa shape index (κ3) is 5.62. The number of nitrogens with zero attached hydrogens (tertiary/aromatic N) is 3. The Morgan fingerprint density at radius 1 is 1.29 bits per heavy atom. The predicted octanol–water partition coefficient (Wildman–Crippen LogP) is 5.59. The zero-order valence-corrected chi connectivity index (χ0v) is 19.5. The van der Waals surface area contributed by atoms with Gasteiger partial charge in [-0.2, -0.15) is 0 Å². The third-order valence-corrected chi connectivity index (χ3v) is 7.68. The topological polar surface area (TPSA) is 45.4 Å². The Hall–Kier alpha value is -0.830. The molecule has 0 spiro atoms. The largest absolute Gasteiger partial charge is 0.309 e. The van der Waals surface area contributed by atoms with Crippen LogP contribution in [0.2, 0.25) is 5.02 Å². The summed E-state index contributed by atoms with van der Waals surface area (Å²) in [4.78, 5) is 12.3. The fourth-order valence-corrected chi connectivity index (χ4v) is 5.72. The molecule has 2 aromatic rings. The SMILES string of the molecule is CC1=CSC(N)N1c1ncc(SCCCN(C)C)cc1Sc1ccccc1Cl. The smallest absolute Gasteiger partial charge is 0.148 e. The van der Waals surface area contributed by atoms with Crippen LogP contribution in [0, 0.1) is 0 Å². The Kier molecular flexibility index (Phi) is 8.02. The second kappa shape index (κ2) is 10.3. The van der Waals surface area contributed by atoms with Crippen molar-refractivity contribution in [1.82, 2.24) is 9.88 Å². The average Bonchev–Trinajstić information content (AvgIpc) is 2.99. The van der Waals surface area contributed by atoms with Crippen LogP contribution < -0.4 is 10.6 Å². The number of pyridine rings is 1. The zero-order chi connectivity index (χ0) is 20.1.